The lowest BCUT2D eigenvalue weighted by molar-refractivity contribution is -0.0359. The van der Waals surface area contributed by atoms with Crippen molar-refractivity contribution in [1.29, 1.82) is 0 Å². The highest BCUT2D eigenvalue weighted by atomic mass is 19.1. The van der Waals surface area contributed by atoms with Crippen LogP contribution in [0.4, 0.5) is 4.39 Å². The minimum atomic E-state index is -0.333. The Morgan fingerprint density at radius 1 is 1.29 bits per heavy atom. The third-order valence-corrected chi connectivity index (χ3v) is 4.81. The van der Waals surface area contributed by atoms with Crippen molar-refractivity contribution in [2.75, 3.05) is 26.8 Å². The van der Waals surface area contributed by atoms with Gasteiger partial charge in [-0.05, 0) is 44.5 Å². The van der Waals surface area contributed by atoms with E-state index in [-0.39, 0.29) is 11.4 Å². The molecule has 0 saturated carbocycles. The second-order valence-corrected chi connectivity index (χ2v) is 6.50. The standard InChI is InChI=1S/C18H24FN3O2/c1-13-17(14(2)21-20-13)10-22-9-8-18(11-22,23-3)12-24-16-6-4-15(19)5-7-16/h4-7H,8-12H2,1-3H3,(H,20,21)/t18-/m1/s1. The van der Waals surface area contributed by atoms with E-state index in [1.165, 1.54) is 17.7 Å². The Bertz CT molecular complexity index is 667. The number of nitrogens with one attached hydrogen (secondary N) is 1. The molecule has 24 heavy (non-hydrogen) atoms. The van der Waals surface area contributed by atoms with Crippen LogP contribution in [0.3, 0.4) is 0 Å². The van der Waals surface area contributed by atoms with Gasteiger partial charge in [-0.3, -0.25) is 10.00 Å². The van der Waals surface area contributed by atoms with E-state index in [0.29, 0.717) is 12.4 Å². The number of methoxy groups -OCH3 is 1. The molecule has 0 spiro atoms. The van der Waals surface area contributed by atoms with Crippen molar-refractivity contribution in [3.05, 3.63) is 47.0 Å². The topological polar surface area (TPSA) is 50.4 Å². The van der Waals surface area contributed by atoms with Crippen molar-refractivity contribution in [3.63, 3.8) is 0 Å². The SMILES string of the molecule is CO[C@]1(COc2ccc(F)cc2)CCN(Cc2c(C)n[nH]c2C)C1. The monoisotopic (exact) mass is 333 g/mol. The van der Waals surface area contributed by atoms with Gasteiger partial charge in [0.2, 0.25) is 0 Å². The van der Waals surface area contributed by atoms with Crippen LogP contribution in [0.2, 0.25) is 0 Å². The zero-order chi connectivity index (χ0) is 17.2. The quantitative estimate of drug-likeness (QED) is 0.883. The van der Waals surface area contributed by atoms with Gasteiger partial charge in [0.05, 0.1) is 5.69 Å². The summed E-state index contributed by atoms with van der Waals surface area (Å²) in [6.45, 7) is 7.13. The number of hydrogen-bond acceptors (Lipinski definition) is 4. The number of likely N-dealkylation sites (tertiary alicyclic amines) is 1. The van der Waals surface area contributed by atoms with E-state index in [9.17, 15) is 4.39 Å². The number of aryl methyl sites for hydroxylation is 2. The first kappa shape index (κ1) is 16.9. The number of aromatic nitrogens is 2. The molecule has 0 unspecified atom stereocenters. The first-order valence-electron chi connectivity index (χ1n) is 8.18. The van der Waals surface area contributed by atoms with Gasteiger partial charge in [-0.15, -0.1) is 0 Å². The summed E-state index contributed by atoms with van der Waals surface area (Å²) in [4.78, 5) is 2.36. The molecule has 0 aliphatic carbocycles. The number of halogens is 1. The average molecular weight is 333 g/mol. The van der Waals surface area contributed by atoms with Crippen molar-refractivity contribution >= 4 is 0 Å². The highest BCUT2D eigenvalue weighted by Gasteiger charge is 2.39. The van der Waals surface area contributed by atoms with Gasteiger partial charge < -0.3 is 9.47 Å². The molecule has 1 saturated heterocycles. The summed E-state index contributed by atoms with van der Waals surface area (Å²) >= 11 is 0. The van der Waals surface area contributed by atoms with Gasteiger partial charge in [0.1, 0.15) is 23.8 Å². The Labute approximate surface area is 141 Å². The highest BCUT2D eigenvalue weighted by molar-refractivity contribution is 5.24. The molecular weight excluding hydrogens is 309 g/mol. The zero-order valence-electron chi connectivity index (χ0n) is 14.4. The summed E-state index contributed by atoms with van der Waals surface area (Å²) in [6, 6.07) is 6.09. The number of nitrogens with zero attached hydrogens (tertiary/aromatic N) is 2. The smallest absolute Gasteiger partial charge is 0.123 e. The number of aromatic amines is 1. The molecule has 1 aliphatic rings. The van der Waals surface area contributed by atoms with E-state index in [0.717, 1.165) is 37.4 Å². The van der Waals surface area contributed by atoms with Crippen molar-refractivity contribution < 1.29 is 13.9 Å². The Kier molecular flexibility index (Phi) is 4.87. The molecule has 130 valence electrons. The second-order valence-electron chi connectivity index (χ2n) is 6.50. The number of ether oxygens (including phenoxy) is 2. The minimum Gasteiger partial charge on any atom is -0.491 e. The molecule has 0 radical (unpaired) electrons. The van der Waals surface area contributed by atoms with Crippen LogP contribution < -0.4 is 4.74 Å². The summed E-state index contributed by atoms with van der Waals surface area (Å²) in [6.07, 6.45) is 0.903. The average Bonchev–Trinajstić information content (AvgIpc) is 3.14. The lowest BCUT2D eigenvalue weighted by Crippen LogP contribution is -2.41. The fraction of sp³-hybridized carbons (Fsp3) is 0.500. The van der Waals surface area contributed by atoms with Crippen LogP contribution in [0.25, 0.3) is 0 Å². The van der Waals surface area contributed by atoms with Gasteiger partial charge in [-0.1, -0.05) is 0 Å². The number of rotatable bonds is 6. The second kappa shape index (κ2) is 6.91. The lowest BCUT2D eigenvalue weighted by Gasteiger charge is -2.28. The third-order valence-electron chi connectivity index (χ3n) is 4.81. The molecule has 0 bridgehead atoms. The molecular formula is C18H24FN3O2. The van der Waals surface area contributed by atoms with Crippen LogP contribution >= 0.6 is 0 Å². The van der Waals surface area contributed by atoms with Crippen molar-refractivity contribution in [3.8, 4) is 5.75 Å². The summed E-state index contributed by atoms with van der Waals surface area (Å²) in [5, 5.41) is 7.29. The largest absolute Gasteiger partial charge is 0.491 e. The van der Waals surface area contributed by atoms with E-state index in [1.54, 1.807) is 19.2 Å². The summed E-state index contributed by atoms with van der Waals surface area (Å²) < 4.78 is 24.6. The predicted molar refractivity (Wildman–Crippen MR) is 89.6 cm³/mol. The van der Waals surface area contributed by atoms with E-state index >= 15 is 0 Å². The zero-order valence-corrected chi connectivity index (χ0v) is 14.4. The maximum atomic E-state index is 13.0. The lowest BCUT2D eigenvalue weighted by atomic mass is 10.0. The van der Waals surface area contributed by atoms with E-state index < -0.39 is 0 Å². The van der Waals surface area contributed by atoms with Crippen LogP contribution in [0.5, 0.6) is 5.75 Å². The first-order chi connectivity index (χ1) is 11.5. The molecule has 1 N–H and O–H groups in total. The predicted octanol–water partition coefficient (Wildman–Crippen LogP) is 2.84. The van der Waals surface area contributed by atoms with Crippen molar-refractivity contribution in [2.45, 2.75) is 32.4 Å². The molecule has 5 nitrogen and oxygen atoms in total. The van der Waals surface area contributed by atoms with Crippen LogP contribution in [-0.2, 0) is 11.3 Å². The van der Waals surface area contributed by atoms with Crippen LogP contribution in [-0.4, -0.2) is 47.5 Å². The fourth-order valence-corrected chi connectivity index (χ4v) is 3.18. The number of H-pyrrole nitrogens is 1. The van der Waals surface area contributed by atoms with Gasteiger partial charge in [0.15, 0.2) is 0 Å². The minimum absolute atomic E-state index is 0.262. The van der Waals surface area contributed by atoms with Gasteiger partial charge in [-0.2, -0.15) is 5.10 Å². The molecule has 1 aliphatic heterocycles. The maximum absolute atomic E-state index is 13.0. The third kappa shape index (κ3) is 3.60. The molecule has 2 heterocycles. The Morgan fingerprint density at radius 3 is 2.67 bits per heavy atom. The first-order valence-corrected chi connectivity index (χ1v) is 8.18. The van der Waals surface area contributed by atoms with E-state index in [2.05, 4.69) is 15.1 Å². The summed E-state index contributed by atoms with van der Waals surface area (Å²) in [7, 11) is 1.73. The van der Waals surface area contributed by atoms with Gasteiger partial charge >= 0.3 is 0 Å². The van der Waals surface area contributed by atoms with Crippen molar-refractivity contribution in [1.82, 2.24) is 15.1 Å². The molecule has 6 heteroatoms. The highest BCUT2D eigenvalue weighted by Crippen LogP contribution is 2.28. The van der Waals surface area contributed by atoms with Crippen LogP contribution in [0.1, 0.15) is 23.4 Å². The molecule has 3 rings (SSSR count). The van der Waals surface area contributed by atoms with Gasteiger partial charge in [-0.25, -0.2) is 4.39 Å². The molecule has 0 amide bonds. The van der Waals surface area contributed by atoms with Gasteiger partial charge in [0.25, 0.3) is 0 Å². The summed E-state index contributed by atoms with van der Waals surface area (Å²) in [5.74, 6) is 0.398. The normalized spacial score (nSPS) is 21.3. The van der Waals surface area contributed by atoms with Gasteiger partial charge in [0, 0.05) is 38.0 Å². The number of hydrogen-bond donors (Lipinski definition) is 1. The molecule has 1 atom stereocenters. The maximum Gasteiger partial charge on any atom is 0.123 e. The Morgan fingerprint density at radius 2 is 2.04 bits per heavy atom. The van der Waals surface area contributed by atoms with E-state index in [1.807, 2.05) is 13.8 Å². The molecule has 1 aromatic carbocycles. The summed E-state index contributed by atoms with van der Waals surface area (Å²) in [5.41, 5.74) is 3.08. The Hall–Kier alpha value is -1.92. The van der Waals surface area contributed by atoms with Crippen LogP contribution in [0.15, 0.2) is 24.3 Å². The number of benzene rings is 1. The van der Waals surface area contributed by atoms with Crippen LogP contribution in [0, 0.1) is 19.7 Å². The van der Waals surface area contributed by atoms with E-state index in [4.69, 9.17) is 9.47 Å². The Balaban J connectivity index is 1.61. The molecule has 2 aromatic rings. The molecule has 1 fully saturated rings. The molecule has 1 aromatic heterocycles. The fourth-order valence-electron chi connectivity index (χ4n) is 3.18. The van der Waals surface area contributed by atoms with Crippen molar-refractivity contribution in [2.24, 2.45) is 0 Å².